The van der Waals surface area contributed by atoms with E-state index in [9.17, 15) is 4.79 Å². The van der Waals surface area contributed by atoms with Crippen LogP contribution in [0.15, 0.2) is 53.9 Å². The Morgan fingerprint density at radius 1 is 1.19 bits per heavy atom. The summed E-state index contributed by atoms with van der Waals surface area (Å²) in [4.78, 5) is 12.1. The summed E-state index contributed by atoms with van der Waals surface area (Å²) >= 11 is 1.26. The lowest BCUT2D eigenvalue weighted by molar-refractivity contribution is -0.131. The van der Waals surface area contributed by atoms with Gasteiger partial charge in [-0.3, -0.25) is 9.36 Å². The molecule has 7 nitrogen and oxygen atoms in total. The molecule has 4 rings (SSSR count). The number of ether oxygens (including phenoxy) is 3. The van der Waals surface area contributed by atoms with Crippen LogP contribution in [0.25, 0.3) is 5.69 Å². The number of rotatable bonds is 5. The monoisotopic (exact) mass is 369 g/mol. The summed E-state index contributed by atoms with van der Waals surface area (Å²) in [5, 5.41) is 8.63. The number of aryl methyl sites for hydroxylation is 1. The number of hydrogen-bond acceptors (Lipinski definition) is 7. The van der Waals surface area contributed by atoms with Crippen LogP contribution in [0.2, 0.25) is 0 Å². The standard InChI is InChI=1S/C18H15N3O4S/c1-12-2-4-13(5-3-12)21-10-19-20-18(21)26-9-17(22)25-14-6-7-15-16(8-14)24-11-23-15/h2-8,10H,9,11H2,1H3. The zero-order valence-corrected chi connectivity index (χ0v) is 14.7. The van der Waals surface area contributed by atoms with Crippen LogP contribution in [0.5, 0.6) is 17.2 Å². The first-order chi connectivity index (χ1) is 12.7. The van der Waals surface area contributed by atoms with Gasteiger partial charge in [-0.25, -0.2) is 0 Å². The molecule has 1 aliphatic heterocycles. The largest absolute Gasteiger partial charge is 0.454 e. The highest BCUT2D eigenvalue weighted by molar-refractivity contribution is 7.99. The third-order valence-corrected chi connectivity index (χ3v) is 4.64. The number of fused-ring (bicyclic) bond motifs is 1. The Labute approximate surface area is 153 Å². The van der Waals surface area contributed by atoms with Gasteiger partial charge in [0.05, 0.1) is 5.75 Å². The first-order valence-electron chi connectivity index (χ1n) is 7.89. The summed E-state index contributed by atoms with van der Waals surface area (Å²) < 4.78 is 17.7. The van der Waals surface area contributed by atoms with Gasteiger partial charge < -0.3 is 14.2 Å². The fourth-order valence-corrected chi connectivity index (χ4v) is 3.13. The normalized spacial score (nSPS) is 12.2. The van der Waals surface area contributed by atoms with Crippen molar-refractivity contribution < 1.29 is 19.0 Å². The van der Waals surface area contributed by atoms with E-state index in [4.69, 9.17) is 14.2 Å². The van der Waals surface area contributed by atoms with Gasteiger partial charge in [0, 0.05) is 11.8 Å². The predicted molar refractivity (Wildman–Crippen MR) is 95.0 cm³/mol. The van der Waals surface area contributed by atoms with Gasteiger partial charge in [-0.05, 0) is 31.2 Å². The summed E-state index contributed by atoms with van der Waals surface area (Å²) in [5.41, 5.74) is 2.11. The minimum absolute atomic E-state index is 0.110. The van der Waals surface area contributed by atoms with Crippen LogP contribution in [0, 0.1) is 6.92 Å². The smallest absolute Gasteiger partial charge is 0.321 e. The highest BCUT2D eigenvalue weighted by Crippen LogP contribution is 2.35. The zero-order valence-electron chi connectivity index (χ0n) is 13.9. The molecule has 0 radical (unpaired) electrons. The van der Waals surface area contributed by atoms with Gasteiger partial charge in [-0.15, -0.1) is 10.2 Å². The van der Waals surface area contributed by atoms with Crippen molar-refractivity contribution in [2.75, 3.05) is 12.5 Å². The highest BCUT2D eigenvalue weighted by Gasteiger charge is 2.16. The Morgan fingerprint density at radius 3 is 2.85 bits per heavy atom. The van der Waals surface area contributed by atoms with Gasteiger partial charge in [0.25, 0.3) is 0 Å². The Balaban J connectivity index is 1.39. The molecule has 0 unspecified atom stereocenters. The van der Waals surface area contributed by atoms with Crippen molar-refractivity contribution >= 4 is 17.7 Å². The van der Waals surface area contributed by atoms with Crippen molar-refractivity contribution in [1.29, 1.82) is 0 Å². The minimum atomic E-state index is -0.382. The van der Waals surface area contributed by atoms with Crippen LogP contribution >= 0.6 is 11.8 Å². The predicted octanol–water partition coefficient (Wildman–Crippen LogP) is 3.00. The number of carbonyl (C=O) groups is 1. The van der Waals surface area contributed by atoms with E-state index >= 15 is 0 Å². The van der Waals surface area contributed by atoms with Crippen molar-refractivity contribution in [3.8, 4) is 22.9 Å². The molecule has 0 spiro atoms. The van der Waals surface area contributed by atoms with Crippen molar-refractivity contribution in [1.82, 2.24) is 14.8 Å². The molecule has 0 bridgehead atoms. The third-order valence-electron chi connectivity index (χ3n) is 3.72. The van der Waals surface area contributed by atoms with Gasteiger partial charge in [0.1, 0.15) is 12.1 Å². The Morgan fingerprint density at radius 2 is 2.00 bits per heavy atom. The average molecular weight is 369 g/mol. The van der Waals surface area contributed by atoms with E-state index in [0.717, 1.165) is 5.69 Å². The van der Waals surface area contributed by atoms with E-state index in [1.807, 2.05) is 35.8 Å². The second kappa shape index (κ2) is 7.09. The van der Waals surface area contributed by atoms with Crippen molar-refractivity contribution in [2.45, 2.75) is 12.1 Å². The maximum atomic E-state index is 12.1. The maximum Gasteiger partial charge on any atom is 0.321 e. The molecule has 2 aromatic carbocycles. The number of esters is 1. The number of benzene rings is 2. The first kappa shape index (κ1) is 16.5. The second-order valence-corrected chi connectivity index (χ2v) is 6.54. The lowest BCUT2D eigenvalue weighted by Gasteiger charge is -2.07. The number of hydrogen-bond donors (Lipinski definition) is 0. The molecule has 0 saturated carbocycles. The molecule has 1 aromatic heterocycles. The molecule has 0 fully saturated rings. The van der Waals surface area contributed by atoms with Crippen LogP contribution in [-0.2, 0) is 4.79 Å². The van der Waals surface area contributed by atoms with E-state index in [-0.39, 0.29) is 18.5 Å². The molecule has 0 N–H and O–H groups in total. The number of carbonyl (C=O) groups excluding carboxylic acids is 1. The van der Waals surface area contributed by atoms with E-state index in [0.29, 0.717) is 22.4 Å². The molecule has 26 heavy (non-hydrogen) atoms. The highest BCUT2D eigenvalue weighted by atomic mass is 32.2. The molecule has 1 aliphatic rings. The van der Waals surface area contributed by atoms with Gasteiger partial charge in [-0.2, -0.15) is 0 Å². The van der Waals surface area contributed by atoms with Crippen LogP contribution in [0.1, 0.15) is 5.56 Å². The Bertz CT molecular complexity index is 940. The summed E-state index contributed by atoms with van der Waals surface area (Å²) in [5.74, 6) is 1.36. The minimum Gasteiger partial charge on any atom is -0.454 e. The molecule has 0 atom stereocenters. The Hall–Kier alpha value is -3.00. The SMILES string of the molecule is Cc1ccc(-n2cnnc2SCC(=O)Oc2ccc3c(c2)OCO3)cc1. The number of nitrogens with zero attached hydrogens (tertiary/aromatic N) is 3. The van der Waals surface area contributed by atoms with Gasteiger partial charge in [-0.1, -0.05) is 29.5 Å². The fourth-order valence-electron chi connectivity index (χ4n) is 2.43. The fraction of sp³-hybridized carbons (Fsp3) is 0.167. The lowest BCUT2D eigenvalue weighted by atomic mass is 10.2. The quantitative estimate of drug-likeness (QED) is 0.389. The molecule has 2 heterocycles. The van der Waals surface area contributed by atoms with E-state index < -0.39 is 0 Å². The second-order valence-electron chi connectivity index (χ2n) is 5.60. The van der Waals surface area contributed by atoms with Crippen LogP contribution in [-0.4, -0.2) is 33.3 Å². The third kappa shape index (κ3) is 3.50. The average Bonchev–Trinajstić information content (AvgIpc) is 3.29. The molecule has 0 aliphatic carbocycles. The van der Waals surface area contributed by atoms with Gasteiger partial charge >= 0.3 is 5.97 Å². The van der Waals surface area contributed by atoms with Gasteiger partial charge in [0.2, 0.25) is 6.79 Å². The number of aromatic nitrogens is 3. The summed E-state index contributed by atoms with van der Waals surface area (Å²) in [6.45, 7) is 2.20. The molecule has 132 valence electrons. The molecule has 0 saturated heterocycles. The van der Waals surface area contributed by atoms with Crippen molar-refractivity contribution in [3.63, 3.8) is 0 Å². The molecule has 3 aromatic rings. The summed E-state index contributed by atoms with van der Waals surface area (Å²) in [7, 11) is 0. The molecular formula is C18H15N3O4S. The van der Waals surface area contributed by atoms with E-state index in [1.54, 1.807) is 24.5 Å². The van der Waals surface area contributed by atoms with Crippen LogP contribution in [0.3, 0.4) is 0 Å². The Kier molecular flexibility index (Phi) is 4.49. The zero-order chi connectivity index (χ0) is 17.9. The van der Waals surface area contributed by atoms with E-state index in [1.165, 1.54) is 17.3 Å². The summed E-state index contributed by atoms with van der Waals surface area (Å²) in [6.07, 6.45) is 1.62. The number of thioether (sulfide) groups is 1. The first-order valence-corrected chi connectivity index (χ1v) is 8.88. The van der Waals surface area contributed by atoms with E-state index in [2.05, 4.69) is 10.2 Å². The molecular weight excluding hydrogens is 354 g/mol. The summed E-state index contributed by atoms with van der Waals surface area (Å²) in [6, 6.07) is 13.0. The van der Waals surface area contributed by atoms with Crippen LogP contribution in [0.4, 0.5) is 0 Å². The topological polar surface area (TPSA) is 75.5 Å². The molecule has 8 heteroatoms. The maximum absolute atomic E-state index is 12.1. The van der Waals surface area contributed by atoms with Crippen molar-refractivity contribution in [3.05, 3.63) is 54.4 Å². The van der Waals surface area contributed by atoms with Crippen LogP contribution < -0.4 is 14.2 Å². The molecule has 0 amide bonds. The van der Waals surface area contributed by atoms with Gasteiger partial charge in [0.15, 0.2) is 16.7 Å². The van der Waals surface area contributed by atoms with Crippen molar-refractivity contribution in [2.24, 2.45) is 0 Å². The lowest BCUT2D eigenvalue weighted by Crippen LogP contribution is -2.11.